The lowest BCUT2D eigenvalue weighted by atomic mass is 9.95. The van der Waals surface area contributed by atoms with E-state index in [0.29, 0.717) is 22.3 Å². The minimum atomic E-state index is -0.357. The number of nitrogens with one attached hydrogen (secondary N) is 2. The maximum absolute atomic E-state index is 12.7. The zero-order valence-electron chi connectivity index (χ0n) is 18.4. The van der Waals surface area contributed by atoms with Crippen molar-refractivity contribution in [3.63, 3.8) is 0 Å². The lowest BCUT2D eigenvalue weighted by Gasteiger charge is -2.14. The molecule has 1 amide bonds. The van der Waals surface area contributed by atoms with Gasteiger partial charge in [-0.3, -0.25) is 4.79 Å². The number of aromatic amines is 1. The van der Waals surface area contributed by atoms with Crippen LogP contribution in [0.4, 0.5) is 5.00 Å². The van der Waals surface area contributed by atoms with Crippen molar-refractivity contribution < 1.29 is 19.1 Å². The van der Waals surface area contributed by atoms with E-state index in [1.165, 1.54) is 28.0 Å². The first kappa shape index (κ1) is 22.7. The number of anilines is 1. The molecule has 2 aromatic heterocycles. The van der Waals surface area contributed by atoms with Crippen LogP contribution in [0.15, 0.2) is 23.4 Å². The van der Waals surface area contributed by atoms with Gasteiger partial charge in [0.2, 0.25) is 5.91 Å². The zero-order chi connectivity index (χ0) is 22.7. The molecular formula is C23H27N3O4S2. The van der Waals surface area contributed by atoms with Crippen molar-refractivity contribution in [1.82, 2.24) is 9.97 Å². The van der Waals surface area contributed by atoms with E-state index >= 15 is 0 Å². The van der Waals surface area contributed by atoms with Crippen LogP contribution in [-0.2, 0) is 22.4 Å². The molecule has 0 fully saturated rings. The molecule has 0 saturated heterocycles. The summed E-state index contributed by atoms with van der Waals surface area (Å²) < 4.78 is 11.0. The molecule has 0 bridgehead atoms. The first-order valence-electron chi connectivity index (χ1n) is 10.8. The largest absolute Gasteiger partial charge is 0.494 e. The number of fused-ring (bicyclic) bond motifs is 2. The third-order valence-electron chi connectivity index (χ3n) is 5.05. The number of rotatable bonds is 8. The summed E-state index contributed by atoms with van der Waals surface area (Å²) in [7, 11) is 0. The van der Waals surface area contributed by atoms with Gasteiger partial charge in [0.15, 0.2) is 5.16 Å². The van der Waals surface area contributed by atoms with Gasteiger partial charge in [0.1, 0.15) is 10.8 Å². The lowest BCUT2D eigenvalue weighted by molar-refractivity contribution is -0.113. The van der Waals surface area contributed by atoms with Gasteiger partial charge in [-0.15, -0.1) is 11.3 Å². The SMILES string of the molecule is CCOc1ccc2nc(SCC(=O)Nc3sc4c(c3C(=O)OC(C)C)CCCC4)[nH]c2c1. The molecule has 0 saturated carbocycles. The number of amides is 1. The number of esters is 1. The van der Waals surface area contributed by atoms with Crippen LogP contribution in [0.1, 0.15) is 54.4 Å². The predicted molar refractivity (Wildman–Crippen MR) is 128 cm³/mol. The van der Waals surface area contributed by atoms with Gasteiger partial charge < -0.3 is 19.8 Å². The van der Waals surface area contributed by atoms with E-state index in [2.05, 4.69) is 15.3 Å². The maximum Gasteiger partial charge on any atom is 0.341 e. The number of H-pyrrole nitrogens is 1. The highest BCUT2D eigenvalue weighted by Crippen LogP contribution is 2.39. The number of thiophene rings is 1. The summed E-state index contributed by atoms with van der Waals surface area (Å²) in [4.78, 5) is 34.4. The molecule has 1 aliphatic rings. The maximum atomic E-state index is 12.7. The van der Waals surface area contributed by atoms with Gasteiger partial charge in [-0.25, -0.2) is 9.78 Å². The number of aromatic nitrogens is 2. The van der Waals surface area contributed by atoms with Crippen LogP contribution in [0.2, 0.25) is 0 Å². The summed E-state index contributed by atoms with van der Waals surface area (Å²) in [5.41, 5.74) is 3.26. The van der Waals surface area contributed by atoms with Gasteiger partial charge in [0.25, 0.3) is 0 Å². The highest BCUT2D eigenvalue weighted by Gasteiger charge is 2.28. The highest BCUT2D eigenvalue weighted by atomic mass is 32.2. The molecule has 0 radical (unpaired) electrons. The smallest absolute Gasteiger partial charge is 0.341 e. The summed E-state index contributed by atoms with van der Waals surface area (Å²) in [5, 5.41) is 4.21. The number of benzene rings is 1. The molecule has 1 aliphatic carbocycles. The van der Waals surface area contributed by atoms with E-state index in [0.717, 1.165) is 48.0 Å². The number of imidazole rings is 1. The second-order valence-electron chi connectivity index (χ2n) is 7.86. The Morgan fingerprint density at radius 2 is 2.09 bits per heavy atom. The predicted octanol–water partition coefficient (Wildman–Crippen LogP) is 5.20. The first-order valence-corrected chi connectivity index (χ1v) is 12.7. The number of carbonyl (C=O) groups is 2. The minimum absolute atomic E-state index is 0.178. The van der Waals surface area contributed by atoms with Crippen LogP contribution < -0.4 is 10.1 Å². The van der Waals surface area contributed by atoms with Crippen LogP contribution in [0.25, 0.3) is 11.0 Å². The summed E-state index contributed by atoms with van der Waals surface area (Å²) in [5.74, 6) is 0.423. The minimum Gasteiger partial charge on any atom is -0.494 e. The van der Waals surface area contributed by atoms with Crippen molar-refractivity contribution in [2.45, 2.75) is 57.7 Å². The fourth-order valence-corrected chi connectivity index (χ4v) is 5.71. The molecule has 9 heteroatoms. The Hall–Kier alpha value is -2.52. The first-order chi connectivity index (χ1) is 15.4. The van der Waals surface area contributed by atoms with E-state index < -0.39 is 0 Å². The number of ether oxygens (including phenoxy) is 2. The van der Waals surface area contributed by atoms with Gasteiger partial charge in [0.05, 0.1) is 35.1 Å². The van der Waals surface area contributed by atoms with Gasteiger partial charge in [-0.1, -0.05) is 11.8 Å². The third-order valence-corrected chi connectivity index (χ3v) is 7.13. The summed E-state index contributed by atoms with van der Waals surface area (Å²) >= 11 is 2.82. The number of thioether (sulfide) groups is 1. The van der Waals surface area contributed by atoms with E-state index in [4.69, 9.17) is 9.47 Å². The number of hydrogen-bond acceptors (Lipinski definition) is 7. The third kappa shape index (κ3) is 5.10. The van der Waals surface area contributed by atoms with Crippen molar-refractivity contribution in [3.05, 3.63) is 34.2 Å². The highest BCUT2D eigenvalue weighted by molar-refractivity contribution is 7.99. The lowest BCUT2D eigenvalue weighted by Crippen LogP contribution is -2.18. The van der Waals surface area contributed by atoms with Gasteiger partial charge in [-0.05, 0) is 64.2 Å². The topological polar surface area (TPSA) is 93.3 Å². The van der Waals surface area contributed by atoms with Crippen LogP contribution in [0.3, 0.4) is 0 Å². The molecule has 0 unspecified atom stereocenters. The molecule has 2 heterocycles. The Balaban J connectivity index is 1.45. The Labute approximate surface area is 195 Å². The summed E-state index contributed by atoms with van der Waals surface area (Å²) in [6, 6.07) is 5.67. The van der Waals surface area contributed by atoms with Crippen molar-refractivity contribution in [2.75, 3.05) is 17.7 Å². The fraction of sp³-hybridized carbons (Fsp3) is 0.435. The van der Waals surface area contributed by atoms with Gasteiger partial charge in [-0.2, -0.15) is 0 Å². The van der Waals surface area contributed by atoms with E-state index in [1.807, 2.05) is 39.0 Å². The number of hydrogen-bond donors (Lipinski definition) is 2. The molecule has 0 spiro atoms. The van der Waals surface area contributed by atoms with Crippen LogP contribution in [-0.4, -0.2) is 40.3 Å². The van der Waals surface area contributed by atoms with Crippen LogP contribution in [0, 0.1) is 0 Å². The van der Waals surface area contributed by atoms with E-state index in [1.54, 1.807) is 0 Å². The van der Waals surface area contributed by atoms with Gasteiger partial charge in [0, 0.05) is 10.9 Å². The molecule has 3 aromatic rings. The van der Waals surface area contributed by atoms with Crippen molar-refractivity contribution in [1.29, 1.82) is 0 Å². The van der Waals surface area contributed by atoms with Crippen molar-refractivity contribution >= 4 is 51.0 Å². The Morgan fingerprint density at radius 3 is 2.88 bits per heavy atom. The summed E-state index contributed by atoms with van der Waals surface area (Å²) in [6.07, 6.45) is 3.73. The van der Waals surface area contributed by atoms with E-state index in [9.17, 15) is 9.59 Å². The molecule has 32 heavy (non-hydrogen) atoms. The molecule has 7 nitrogen and oxygen atoms in total. The van der Waals surface area contributed by atoms with Crippen molar-refractivity contribution in [2.24, 2.45) is 0 Å². The normalized spacial score (nSPS) is 13.2. The number of nitrogens with zero attached hydrogens (tertiary/aromatic N) is 1. The molecule has 0 atom stereocenters. The molecule has 2 N–H and O–H groups in total. The molecular weight excluding hydrogens is 446 g/mol. The zero-order valence-corrected chi connectivity index (χ0v) is 20.1. The second-order valence-corrected chi connectivity index (χ2v) is 9.93. The summed E-state index contributed by atoms with van der Waals surface area (Å²) in [6.45, 7) is 6.20. The number of carbonyl (C=O) groups excluding carboxylic acids is 2. The second kappa shape index (κ2) is 9.95. The average Bonchev–Trinajstić information content (AvgIpc) is 3.32. The van der Waals surface area contributed by atoms with Crippen LogP contribution >= 0.6 is 23.1 Å². The van der Waals surface area contributed by atoms with Crippen molar-refractivity contribution in [3.8, 4) is 5.75 Å². The Bertz CT molecular complexity index is 1140. The molecule has 4 rings (SSSR count). The van der Waals surface area contributed by atoms with Crippen LogP contribution in [0.5, 0.6) is 5.75 Å². The molecule has 0 aliphatic heterocycles. The molecule has 170 valence electrons. The Morgan fingerprint density at radius 1 is 1.28 bits per heavy atom. The fourth-order valence-electron chi connectivity index (χ4n) is 3.73. The average molecular weight is 474 g/mol. The Kier molecular flexibility index (Phi) is 7.05. The van der Waals surface area contributed by atoms with E-state index in [-0.39, 0.29) is 23.7 Å². The quantitative estimate of drug-likeness (QED) is 0.345. The standard InChI is InChI=1S/C23H27N3O4S2/c1-4-29-14-9-10-16-17(11-14)25-23(24-16)31-12-19(27)26-21-20(22(28)30-13(2)3)15-7-5-6-8-18(15)32-21/h9-11,13H,4-8,12H2,1-3H3,(H,24,25)(H,26,27). The van der Waals surface area contributed by atoms with Gasteiger partial charge >= 0.3 is 5.97 Å². The number of aryl methyl sites for hydroxylation is 1. The monoisotopic (exact) mass is 473 g/mol. The molecule has 1 aromatic carbocycles.